The van der Waals surface area contributed by atoms with Crippen molar-refractivity contribution >= 4 is 22.6 Å². The molecule has 3 rings (SSSR count). The van der Waals surface area contributed by atoms with Gasteiger partial charge >= 0.3 is 0 Å². The third-order valence-electron chi connectivity index (χ3n) is 3.61. The maximum absolute atomic E-state index is 7.74. The predicted octanol–water partition coefficient (Wildman–Crippen LogP) is 2.37. The summed E-state index contributed by atoms with van der Waals surface area (Å²) in [6.45, 7) is 1.03. The van der Waals surface area contributed by atoms with Crippen molar-refractivity contribution in [2.24, 2.45) is 11.7 Å². The van der Waals surface area contributed by atoms with E-state index in [9.17, 15) is 0 Å². The fourth-order valence-corrected chi connectivity index (χ4v) is 2.36. The Kier molecular flexibility index (Phi) is 2.85. The summed E-state index contributed by atoms with van der Waals surface area (Å²) in [6, 6.07) is 9.76. The van der Waals surface area contributed by atoms with Gasteiger partial charge < -0.3 is 10.6 Å². The van der Waals surface area contributed by atoms with Gasteiger partial charge in [-0.3, -0.25) is 5.41 Å². The maximum Gasteiger partial charge on any atom is 0.129 e. The summed E-state index contributed by atoms with van der Waals surface area (Å²) in [5, 5.41) is 8.68. The Hall–Kier alpha value is -2.10. The average Bonchev–Trinajstić information content (AvgIpc) is 3.21. The van der Waals surface area contributed by atoms with E-state index in [0.29, 0.717) is 0 Å². The molecule has 4 nitrogen and oxygen atoms in total. The molecular formula is C15H18N4. The minimum absolute atomic E-state index is 0.0969. The van der Waals surface area contributed by atoms with Crippen molar-refractivity contribution in [3.05, 3.63) is 35.9 Å². The van der Waals surface area contributed by atoms with Crippen molar-refractivity contribution in [3.63, 3.8) is 0 Å². The SMILES string of the molecule is CN(CC1CC1)c1cc(C(=N)N)c2ccccc2n1. The lowest BCUT2D eigenvalue weighted by Crippen LogP contribution is -2.22. The second kappa shape index (κ2) is 4.53. The number of pyridine rings is 1. The third-order valence-corrected chi connectivity index (χ3v) is 3.61. The van der Waals surface area contributed by atoms with Crippen LogP contribution in [-0.2, 0) is 0 Å². The van der Waals surface area contributed by atoms with Gasteiger partial charge in [-0.25, -0.2) is 4.98 Å². The molecule has 1 heterocycles. The highest BCUT2D eigenvalue weighted by Gasteiger charge is 2.23. The normalized spacial score (nSPS) is 14.6. The van der Waals surface area contributed by atoms with Gasteiger partial charge in [0.1, 0.15) is 11.7 Å². The van der Waals surface area contributed by atoms with Crippen LogP contribution in [-0.4, -0.2) is 24.4 Å². The number of hydrogen-bond acceptors (Lipinski definition) is 3. The number of aromatic nitrogens is 1. The van der Waals surface area contributed by atoms with Gasteiger partial charge in [-0.05, 0) is 30.9 Å². The Balaban J connectivity index is 2.07. The number of benzene rings is 1. The summed E-state index contributed by atoms with van der Waals surface area (Å²) < 4.78 is 0. The molecule has 3 N–H and O–H groups in total. The highest BCUT2D eigenvalue weighted by molar-refractivity contribution is 6.07. The molecule has 0 saturated heterocycles. The average molecular weight is 254 g/mol. The number of fused-ring (bicyclic) bond motifs is 1. The largest absolute Gasteiger partial charge is 0.384 e. The van der Waals surface area contributed by atoms with Crippen LogP contribution in [0.25, 0.3) is 10.9 Å². The number of rotatable bonds is 4. The quantitative estimate of drug-likeness (QED) is 0.650. The fourth-order valence-electron chi connectivity index (χ4n) is 2.36. The second-order valence-corrected chi connectivity index (χ2v) is 5.28. The highest BCUT2D eigenvalue weighted by atomic mass is 15.2. The number of hydrogen-bond donors (Lipinski definition) is 2. The van der Waals surface area contributed by atoms with E-state index in [1.165, 1.54) is 12.8 Å². The number of para-hydroxylation sites is 1. The molecular weight excluding hydrogens is 236 g/mol. The molecule has 0 amide bonds. The van der Waals surface area contributed by atoms with Gasteiger partial charge in [0, 0.05) is 24.5 Å². The van der Waals surface area contributed by atoms with Gasteiger partial charge in [0.25, 0.3) is 0 Å². The van der Waals surface area contributed by atoms with Crippen LogP contribution in [0.5, 0.6) is 0 Å². The molecule has 1 aliphatic carbocycles. The number of nitrogens with zero attached hydrogens (tertiary/aromatic N) is 2. The minimum atomic E-state index is 0.0969. The molecule has 0 radical (unpaired) electrons. The number of nitrogens with one attached hydrogen (secondary N) is 1. The number of nitrogens with two attached hydrogens (primary N) is 1. The first-order valence-electron chi connectivity index (χ1n) is 6.60. The summed E-state index contributed by atoms with van der Waals surface area (Å²) in [7, 11) is 2.05. The van der Waals surface area contributed by atoms with Gasteiger partial charge in [0.2, 0.25) is 0 Å². The fraction of sp³-hybridized carbons (Fsp3) is 0.333. The van der Waals surface area contributed by atoms with Gasteiger partial charge in [-0.15, -0.1) is 0 Å². The molecule has 2 aromatic rings. The van der Waals surface area contributed by atoms with E-state index in [2.05, 4.69) is 16.9 Å². The number of amidine groups is 1. The van der Waals surface area contributed by atoms with Gasteiger partial charge in [0.05, 0.1) is 5.52 Å². The topological polar surface area (TPSA) is 66.0 Å². The summed E-state index contributed by atoms with van der Waals surface area (Å²) in [5.74, 6) is 1.80. The monoisotopic (exact) mass is 254 g/mol. The van der Waals surface area contributed by atoms with Crippen LogP contribution in [0.3, 0.4) is 0 Å². The zero-order valence-electron chi connectivity index (χ0n) is 11.1. The molecule has 0 aliphatic heterocycles. The second-order valence-electron chi connectivity index (χ2n) is 5.28. The smallest absolute Gasteiger partial charge is 0.129 e. The van der Waals surface area contributed by atoms with Crippen molar-refractivity contribution in [3.8, 4) is 0 Å². The summed E-state index contributed by atoms with van der Waals surface area (Å²) in [4.78, 5) is 6.84. The van der Waals surface area contributed by atoms with Crippen LogP contribution < -0.4 is 10.6 Å². The summed E-state index contributed by atoms with van der Waals surface area (Å²) in [5.41, 5.74) is 7.36. The molecule has 1 aliphatic rings. The van der Waals surface area contributed by atoms with Crippen molar-refractivity contribution in [2.75, 3.05) is 18.5 Å². The van der Waals surface area contributed by atoms with Crippen molar-refractivity contribution < 1.29 is 0 Å². The molecule has 0 atom stereocenters. The van der Waals surface area contributed by atoms with E-state index in [1.54, 1.807) is 0 Å². The molecule has 98 valence electrons. The predicted molar refractivity (Wildman–Crippen MR) is 78.8 cm³/mol. The molecule has 0 bridgehead atoms. The van der Waals surface area contributed by atoms with Gasteiger partial charge in [0.15, 0.2) is 0 Å². The molecule has 0 spiro atoms. The maximum atomic E-state index is 7.74. The van der Waals surface area contributed by atoms with Crippen LogP contribution in [0.1, 0.15) is 18.4 Å². The molecule has 19 heavy (non-hydrogen) atoms. The molecule has 1 saturated carbocycles. The Labute approximate surface area is 112 Å². The van der Waals surface area contributed by atoms with E-state index in [4.69, 9.17) is 11.1 Å². The minimum Gasteiger partial charge on any atom is -0.384 e. The third kappa shape index (κ3) is 2.38. The lowest BCUT2D eigenvalue weighted by molar-refractivity contribution is 0.779. The van der Waals surface area contributed by atoms with Crippen LogP contribution in [0.15, 0.2) is 30.3 Å². The van der Waals surface area contributed by atoms with E-state index in [1.807, 2.05) is 30.3 Å². The lowest BCUT2D eigenvalue weighted by Gasteiger charge is -2.19. The summed E-state index contributed by atoms with van der Waals surface area (Å²) >= 11 is 0. The molecule has 4 heteroatoms. The highest BCUT2D eigenvalue weighted by Crippen LogP contribution is 2.31. The zero-order chi connectivity index (χ0) is 13.4. The zero-order valence-corrected chi connectivity index (χ0v) is 11.1. The standard InChI is InChI=1S/C15H18N4/c1-19(9-10-6-7-10)14-8-12(15(16)17)11-4-2-3-5-13(11)18-14/h2-5,8,10H,6-7,9H2,1H3,(H3,16,17). The van der Waals surface area contributed by atoms with Gasteiger partial charge in [-0.2, -0.15) is 0 Å². The number of nitrogen functional groups attached to an aromatic ring is 1. The molecule has 1 aromatic carbocycles. The first-order chi connectivity index (χ1) is 9.15. The van der Waals surface area contributed by atoms with Gasteiger partial charge in [-0.1, -0.05) is 18.2 Å². The van der Waals surface area contributed by atoms with Crippen LogP contribution in [0.4, 0.5) is 5.82 Å². The van der Waals surface area contributed by atoms with E-state index < -0.39 is 0 Å². The van der Waals surface area contributed by atoms with Crippen molar-refractivity contribution in [1.82, 2.24) is 4.98 Å². The Morgan fingerprint density at radius 2 is 2.16 bits per heavy atom. The molecule has 1 fully saturated rings. The first-order valence-corrected chi connectivity index (χ1v) is 6.60. The van der Waals surface area contributed by atoms with Crippen molar-refractivity contribution in [2.45, 2.75) is 12.8 Å². The Morgan fingerprint density at radius 3 is 2.84 bits per heavy atom. The number of anilines is 1. The lowest BCUT2D eigenvalue weighted by atomic mass is 10.1. The van der Waals surface area contributed by atoms with E-state index in [-0.39, 0.29) is 5.84 Å². The summed E-state index contributed by atoms with van der Waals surface area (Å²) in [6.07, 6.45) is 2.63. The molecule has 0 unspecified atom stereocenters. The van der Waals surface area contributed by atoms with E-state index in [0.717, 1.165) is 34.7 Å². The van der Waals surface area contributed by atoms with Crippen molar-refractivity contribution in [1.29, 1.82) is 5.41 Å². The van der Waals surface area contributed by atoms with E-state index >= 15 is 0 Å². The Bertz CT molecular complexity index is 631. The van der Waals surface area contributed by atoms with Crippen LogP contribution >= 0.6 is 0 Å². The first kappa shape index (κ1) is 12.0. The molecule has 1 aromatic heterocycles. The van der Waals surface area contributed by atoms with Crippen LogP contribution in [0.2, 0.25) is 0 Å². The van der Waals surface area contributed by atoms with Crippen LogP contribution in [0, 0.1) is 11.3 Å². The Morgan fingerprint density at radius 1 is 1.42 bits per heavy atom.